The highest BCUT2D eigenvalue weighted by molar-refractivity contribution is 7.99. The molecule has 150 valence electrons. The van der Waals surface area contributed by atoms with Gasteiger partial charge in [-0.05, 0) is 37.1 Å². The van der Waals surface area contributed by atoms with E-state index in [0.717, 1.165) is 29.1 Å². The number of amides is 3. The number of nitrogens with one attached hydrogen (secondary N) is 2. The third kappa shape index (κ3) is 6.00. The maximum Gasteiger partial charge on any atom is 0.321 e. The molecule has 6 nitrogen and oxygen atoms in total. The fraction of sp³-hybridized carbons (Fsp3) is 0.318. The monoisotopic (exact) mass is 408 g/mol. The first-order chi connectivity index (χ1) is 14.2. The van der Waals surface area contributed by atoms with Crippen LogP contribution in [0.5, 0.6) is 0 Å². The summed E-state index contributed by atoms with van der Waals surface area (Å²) in [6.45, 7) is 1.04. The number of carbonyl (C=O) groups is 2. The van der Waals surface area contributed by atoms with Crippen LogP contribution in [0.25, 0.3) is 0 Å². The van der Waals surface area contributed by atoms with Gasteiger partial charge in [-0.2, -0.15) is 5.26 Å². The van der Waals surface area contributed by atoms with Gasteiger partial charge in [-0.3, -0.25) is 4.79 Å². The number of anilines is 2. The van der Waals surface area contributed by atoms with E-state index in [1.54, 1.807) is 16.7 Å². The van der Waals surface area contributed by atoms with Crippen LogP contribution in [0.4, 0.5) is 16.2 Å². The van der Waals surface area contributed by atoms with Crippen molar-refractivity contribution in [3.8, 4) is 6.07 Å². The number of likely N-dealkylation sites (tertiary alicyclic amines) is 1. The number of hydrogen-bond donors (Lipinski definition) is 2. The summed E-state index contributed by atoms with van der Waals surface area (Å²) >= 11 is 1.56. The number of rotatable bonds is 6. The maximum absolute atomic E-state index is 12.8. The van der Waals surface area contributed by atoms with Crippen molar-refractivity contribution in [2.75, 3.05) is 29.5 Å². The highest BCUT2D eigenvalue weighted by Crippen LogP contribution is 2.28. The smallest absolute Gasteiger partial charge is 0.321 e. The first-order valence-electron chi connectivity index (χ1n) is 9.68. The average Bonchev–Trinajstić information content (AvgIpc) is 2.76. The van der Waals surface area contributed by atoms with Crippen molar-refractivity contribution < 1.29 is 9.59 Å². The molecule has 0 aromatic heterocycles. The molecule has 1 atom stereocenters. The molecule has 29 heavy (non-hydrogen) atoms. The number of thioether (sulfide) groups is 1. The Morgan fingerprint density at radius 2 is 1.86 bits per heavy atom. The van der Waals surface area contributed by atoms with Gasteiger partial charge in [0.15, 0.2) is 0 Å². The molecule has 3 amide bonds. The Bertz CT molecular complexity index is 882. The lowest BCUT2D eigenvalue weighted by Crippen LogP contribution is -2.45. The number of nitrogens with zero attached hydrogens (tertiary/aromatic N) is 2. The molecule has 2 aromatic carbocycles. The Morgan fingerprint density at radius 1 is 1.10 bits per heavy atom. The van der Waals surface area contributed by atoms with E-state index in [-0.39, 0.29) is 17.9 Å². The van der Waals surface area contributed by atoms with Crippen molar-refractivity contribution in [3.63, 3.8) is 0 Å². The van der Waals surface area contributed by atoms with E-state index in [2.05, 4.69) is 16.7 Å². The molecule has 1 aliphatic heterocycles. The van der Waals surface area contributed by atoms with Gasteiger partial charge in [0.1, 0.15) is 0 Å². The molecule has 1 saturated heterocycles. The summed E-state index contributed by atoms with van der Waals surface area (Å²) in [5.41, 5.74) is 1.50. The summed E-state index contributed by atoms with van der Waals surface area (Å²) in [6.07, 6.45) is 2.00. The van der Waals surface area contributed by atoms with Crippen molar-refractivity contribution in [2.45, 2.75) is 24.2 Å². The Labute approximate surface area is 175 Å². The summed E-state index contributed by atoms with van der Waals surface area (Å²) in [5.74, 6) is 0.359. The van der Waals surface area contributed by atoms with Gasteiger partial charge < -0.3 is 15.5 Å². The van der Waals surface area contributed by atoms with Crippen LogP contribution < -0.4 is 10.6 Å². The molecule has 1 unspecified atom stereocenters. The van der Waals surface area contributed by atoms with Gasteiger partial charge in [0.2, 0.25) is 5.91 Å². The molecule has 0 spiro atoms. The first-order valence-corrected chi connectivity index (χ1v) is 10.7. The quantitative estimate of drug-likeness (QED) is 0.541. The van der Waals surface area contributed by atoms with Crippen LogP contribution in [0.3, 0.4) is 0 Å². The lowest BCUT2D eigenvalue weighted by Gasteiger charge is -2.32. The second-order valence-electron chi connectivity index (χ2n) is 6.82. The zero-order chi connectivity index (χ0) is 20.5. The highest BCUT2D eigenvalue weighted by atomic mass is 32.2. The third-order valence-electron chi connectivity index (χ3n) is 4.72. The molecule has 2 N–H and O–H groups in total. The van der Waals surface area contributed by atoms with Crippen molar-refractivity contribution in [1.29, 1.82) is 5.26 Å². The predicted octanol–water partition coefficient (Wildman–Crippen LogP) is 4.57. The van der Waals surface area contributed by atoms with Crippen LogP contribution >= 0.6 is 11.8 Å². The van der Waals surface area contributed by atoms with E-state index in [9.17, 15) is 9.59 Å². The minimum absolute atomic E-state index is 0.0736. The molecule has 3 rings (SSSR count). The summed E-state index contributed by atoms with van der Waals surface area (Å²) < 4.78 is 0. The molecule has 2 aromatic rings. The third-order valence-corrected chi connectivity index (χ3v) is 5.80. The lowest BCUT2D eigenvalue weighted by molar-refractivity contribution is -0.121. The van der Waals surface area contributed by atoms with Crippen molar-refractivity contribution in [3.05, 3.63) is 54.6 Å². The number of urea groups is 1. The fourth-order valence-electron chi connectivity index (χ4n) is 3.24. The van der Waals surface area contributed by atoms with Crippen LogP contribution in [0.15, 0.2) is 59.5 Å². The average molecular weight is 409 g/mol. The molecule has 1 aliphatic rings. The van der Waals surface area contributed by atoms with Gasteiger partial charge in [0.25, 0.3) is 0 Å². The Hall–Kier alpha value is -2.98. The van der Waals surface area contributed by atoms with E-state index in [1.165, 1.54) is 0 Å². The lowest BCUT2D eigenvalue weighted by atomic mass is 9.97. The van der Waals surface area contributed by atoms with Crippen molar-refractivity contribution in [1.82, 2.24) is 4.90 Å². The number of hydrogen-bond acceptors (Lipinski definition) is 4. The number of benzene rings is 2. The SMILES string of the molecule is N#CCCSc1ccccc1NC(=O)C1CCCN(C(=O)Nc2ccccc2)C1. The van der Waals surface area contributed by atoms with Crippen LogP contribution in [-0.2, 0) is 4.79 Å². The minimum atomic E-state index is -0.248. The molecule has 0 radical (unpaired) electrons. The molecular weight excluding hydrogens is 384 g/mol. The highest BCUT2D eigenvalue weighted by Gasteiger charge is 2.28. The number of para-hydroxylation sites is 2. The van der Waals surface area contributed by atoms with Gasteiger partial charge in [-0.1, -0.05) is 30.3 Å². The van der Waals surface area contributed by atoms with Crippen LogP contribution in [0.1, 0.15) is 19.3 Å². The summed E-state index contributed by atoms with van der Waals surface area (Å²) in [4.78, 5) is 28.0. The number of carbonyl (C=O) groups excluding carboxylic acids is 2. The maximum atomic E-state index is 12.8. The van der Waals surface area contributed by atoms with Crippen LogP contribution in [0.2, 0.25) is 0 Å². The zero-order valence-corrected chi connectivity index (χ0v) is 17.0. The number of nitriles is 1. The van der Waals surface area contributed by atoms with Crippen molar-refractivity contribution >= 4 is 35.1 Å². The molecule has 1 heterocycles. The molecular formula is C22H24N4O2S. The molecule has 7 heteroatoms. The van der Waals surface area contributed by atoms with Crippen LogP contribution in [0, 0.1) is 17.2 Å². The number of piperidine rings is 1. The molecule has 1 fully saturated rings. The van der Waals surface area contributed by atoms with Gasteiger partial charge in [-0.15, -0.1) is 11.8 Å². The zero-order valence-electron chi connectivity index (χ0n) is 16.1. The molecule has 0 saturated carbocycles. The fourth-order valence-corrected chi connectivity index (χ4v) is 4.10. The topological polar surface area (TPSA) is 85.2 Å². The minimum Gasteiger partial charge on any atom is -0.325 e. The van der Waals surface area contributed by atoms with Gasteiger partial charge >= 0.3 is 6.03 Å². The van der Waals surface area contributed by atoms with Gasteiger partial charge in [-0.25, -0.2) is 4.79 Å². The summed E-state index contributed by atoms with van der Waals surface area (Å²) in [6, 6.07) is 18.9. The van der Waals surface area contributed by atoms with Gasteiger partial charge in [0.05, 0.1) is 17.7 Å². The predicted molar refractivity (Wildman–Crippen MR) is 116 cm³/mol. The van der Waals surface area contributed by atoms with E-state index in [0.29, 0.717) is 25.3 Å². The standard InChI is InChI=1S/C22H24N4O2S/c23-13-7-15-29-20-12-5-4-11-19(20)25-21(27)17-8-6-14-26(16-17)22(28)24-18-9-2-1-3-10-18/h1-5,9-12,17H,6-8,14-16H2,(H,24,28)(H,25,27). The summed E-state index contributed by atoms with van der Waals surface area (Å²) in [7, 11) is 0. The molecule has 0 aliphatic carbocycles. The second-order valence-corrected chi connectivity index (χ2v) is 7.96. The first kappa shape index (κ1) is 20.7. The summed E-state index contributed by atoms with van der Waals surface area (Å²) in [5, 5.41) is 14.6. The van der Waals surface area contributed by atoms with E-state index < -0.39 is 0 Å². The molecule has 0 bridgehead atoms. The Balaban J connectivity index is 1.59. The van der Waals surface area contributed by atoms with E-state index in [1.807, 2.05) is 54.6 Å². The van der Waals surface area contributed by atoms with Crippen LogP contribution in [-0.4, -0.2) is 35.7 Å². The second kappa shape index (κ2) is 10.5. The van der Waals surface area contributed by atoms with Gasteiger partial charge in [0, 0.05) is 35.8 Å². The Kier molecular flexibility index (Phi) is 7.54. The largest absolute Gasteiger partial charge is 0.325 e. The normalized spacial score (nSPS) is 16.0. The van der Waals surface area contributed by atoms with E-state index >= 15 is 0 Å². The van der Waals surface area contributed by atoms with E-state index in [4.69, 9.17) is 5.26 Å². The Morgan fingerprint density at radius 3 is 2.66 bits per heavy atom. The van der Waals surface area contributed by atoms with Crippen molar-refractivity contribution in [2.24, 2.45) is 5.92 Å².